The number of fused-ring (bicyclic) bond motifs is 1. The lowest BCUT2D eigenvalue weighted by Gasteiger charge is -2.45. The van der Waals surface area contributed by atoms with Gasteiger partial charge < -0.3 is 20.5 Å². The summed E-state index contributed by atoms with van der Waals surface area (Å²) in [5, 5.41) is 5.70. The number of nitrogens with two attached hydrogens (primary N) is 1. The molecule has 3 N–H and O–H groups in total. The van der Waals surface area contributed by atoms with E-state index < -0.39 is 18.1 Å². The number of hydrogen-bond donors (Lipinski definition) is 2. The summed E-state index contributed by atoms with van der Waals surface area (Å²) in [4.78, 5) is 25.7. The number of carbonyl (C=O) groups is 1. The first-order valence-corrected chi connectivity index (χ1v) is 11.5. The number of pyridine rings is 1. The maximum Gasteiger partial charge on any atom is 0.387 e. The highest BCUT2D eigenvalue weighted by Gasteiger charge is 2.58. The van der Waals surface area contributed by atoms with Gasteiger partial charge in [0.05, 0.1) is 18.4 Å². The van der Waals surface area contributed by atoms with Crippen LogP contribution in [0.3, 0.4) is 0 Å². The molecule has 2 fully saturated rings. The average molecular weight is 468 g/mol. The molecule has 12 heteroatoms. The Bertz CT molecular complexity index is 1030. The first-order valence-electron chi connectivity index (χ1n) is 9.68. The number of thiazole rings is 1. The molecule has 1 saturated carbocycles. The first-order chi connectivity index (χ1) is 14.9. The number of amidine groups is 1. The molecular weight excluding hydrogens is 448 g/mol. The Morgan fingerprint density at radius 1 is 1.39 bits per heavy atom. The number of ether oxygens (including phenoxy) is 2. The molecule has 0 unspecified atom stereocenters. The van der Waals surface area contributed by atoms with Crippen LogP contribution in [0.15, 0.2) is 28.7 Å². The van der Waals surface area contributed by atoms with Crippen molar-refractivity contribution in [2.45, 2.75) is 37.0 Å². The molecule has 164 valence electrons. The molecule has 2 atom stereocenters. The number of amides is 1. The number of aliphatic imine (C=N–C) groups is 1. The third-order valence-corrected chi connectivity index (χ3v) is 7.72. The van der Waals surface area contributed by atoms with E-state index in [1.165, 1.54) is 23.5 Å². The molecule has 2 aromatic rings. The number of rotatable bonds is 5. The minimum Gasteiger partial charge on any atom is -0.433 e. The number of nitrogens with zero attached hydrogens (tertiary/aromatic N) is 3. The fraction of sp³-hybridized carbons (Fsp3) is 0.474. The molecule has 8 nitrogen and oxygen atoms in total. The van der Waals surface area contributed by atoms with E-state index in [1.807, 2.05) is 0 Å². The molecule has 2 aromatic heterocycles. The van der Waals surface area contributed by atoms with E-state index in [2.05, 4.69) is 20.0 Å². The number of thioether (sulfide) groups is 1. The van der Waals surface area contributed by atoms with E-state index in [1.54, 1.807) is 17.1 Å². The summed E-state index contributed by atoms with van der Waals surface area (Å²) in [5.41, 5.74) is 5.47. The third-order valence-electron chi connectivity index (χ3n) is 5.75. The van der Waals surface area contributed by atoms with Crippen molar-refractivity contribution >= 4 is 40.0 Å². The van der Waals surface area contributed by atoms with Gasteiger partial charge in [0.25, 0.3) is 5.91 Å². The Balaban J connectivity index is 1.33. The van der Waals surface area contributed by atoms with Crippen LogP contribution in [0.2, 0.25) is 0 Å². The van der Waals surface area contributed by atoms with Crippen molar-refractivity contribution in [3.05, 3.63) is 34.4 Å². The highest BCUT2D eigenvalue weighted by atomic mass is 32.2. The van der Waals surface area contributed by atoms with Gasteiger partial charge in [0.15, 0.2) is 5.17 Å². The van der Waals surface area contributed by atoms with Gasteiger partial charge in [0, 0.05) is 17.1 Å². The molecule has 1 spiro atoms. The van der Waals surface area contributed by atoms with Crippen LogP contribution in [0.5, 0.6) is 5.75 Å². The van der Waals surface area contributed by atoms with Gasteiger partial charge in [-0.15, -0.1) is 11.3 Å². The summed E-state index contributed by atoms with van der Waals surface area (Å²) in [7, 11) is 0. The van der Waals surface area contributed by atoms with Crippen LogP contribution < -0.4 is 15.8 Å². The van der Waals surface area contributed by atoms with Crippen LogP contribution in [-0.2, 0) is 10.3 Å². The maximum atomic E-state index is 12.5. The summed E-state index contributed by atoms with van der Waals surface area (Å²) in [6, 6.07) is 2.57. The lowest BCUT2D eigenvalue weighted by molar-refractivity contribution is -0.0724. The van der Waals surface area contributed by atoms with E-state index in [0.29, 0.717) is 17.6 Å². The second-order valence-electron chi connectivity index (χ2n) is 7.81. The Morgan fingerprint density at radius 2 is 2.23 bits per heavy atom. The number of carbonyl (C=O) groups excluding carboxylic acids is 1. The second kappa shape index (κ2) is 7.68. The molecule has 0 aromatic carbocycles. The van der Waals surface area contributed by atoms with Crippen molar-refractivity contribution in [3.63, 3.8) is 0 Å². The van der Waals surface area contributed by atoms with Gasteiger partial charge in [0.2, 0.25) is 0 Å². The van der Waals surface area contributed by atoms with Crippen LogP contribution in [0, 0.1) is 5.92 Å². The predicted molar refractivity (Wildman–Crippen MR) is 113 cm³/mol. The number of anilines is 1. The quantitative estimate of drug-likeness (QED) is 0.694. The van der Waals surface area contributed by atoms with E-state index in [0.717, 1.165) is 36.2 Å². The first kappa shape index (κ1) is 20.6. The largest absolute Gasteiger partial charge is 0.433 e. The number of nitrogens with one attached hydrogen (secondary N) is 1. The van der Waals surface area contributed by atoms with Crippen LogP contribution in [0.4, 0.5) is 14.6 Å². The van der Waals surface area contributed by atoms with Crippen molar-refractivity contribution in [2.75, 3.05) is 17.7 Å². The lowest BCUT2D eigenvalue weighted by Crippen LogP contribution is -2.50. The number of alkyl halides is 2. The molecule has 0 radical (unpaired) electrons. The van der Waals surface area contributed by atoms with Crippen molar-refractivity contribution in [3.8, 4) is 5.75 Å². The molecule has 2 aliphatic heterocycles. The zero-order valence-corrected chi connectivity index (χ0v) is 17.8. The van der Waals surface area contributed by atoms with Crippen LogP contribution in [0.25, 0.3) is 0 Å². The fourth-order valence-electron chi connectivity index (χ4n) is 3.96. The monoisotopic (exact) mass is 467 g/mol. The standard InChI is InChI=1S/C19H19F2N5O3S2/c20-16(21)29-11-1-2-12(23-6-11)14(27)24-13-8-30-15(25-13)19-9-28-18(3-4-18)5-10(19)7-31-17(22)26-19/h1-2,6,8,10,16H,3-5,7,9H2,(H2,22,26)(H,24,27)/t10-,19-/m1/s1. The molecular formula is C19H19F2N5O3S2. The van der Waals surface area contributed by atoms with Gasteiger partial charge in [-0.1, -0.05) is 11.8 Å². The summed E-state index contributed by atoms with van der Waals surface area (Å²) >= 11 is 2.96. The average Bonchev–Trinajstić information content (AvgIpc) is 3.32. The summed E-state index contributed by atoms with van der Waals surface area (Å²) in [5.74, 6) is 0.863. The molecule has 0 bridgehead atoms. The zero-order chi connectivity index (χ0) is 21.6. The van der Waals surface area contributed by atoms with Crippen LogP contribution >= 0.6 is 23.1 Å². The topological polar surface area (TPSA) is 112 Å². The van der Waals surface area contributed by atoms with Gasteiger partial charge in [-0.25, -0.2) is 15.0 Å². The van der Waals surface area contributed by atoms with E-state index in [-0.39, 0.29) is 23.0 Å². The molecule has 4 heterocycles. The van der Waals surface area contributed by atoms with E-state index >= 15 is 0 Å². The lowest BCUT2D eigenvalue weighted by atomic mass is 9.79. The van der Waals surface area contributed by atoms with Gasteiger partial charge in [-0.3, -0.25) is 4.79 Å². The Hall–Kier alpha value is -2.31. The van der Waals surface area contributed by atoms with Crippen LogP contribution in [-0.4, -0.2) is 45.6 Å². The predicted octanol–water partition coefficient (Wildman–Crippen LogP) is 3.22. The second-order valence-corrected chi connectivity index (χ2v) is 9.71. The van der Waals surface area contributed by atoms with Gasteiger partial charge in [0.1, 0.15) is 27.8 Å². The maximum absolute atomic E-state index is 12.5. The highest BCUT2D eigenvalue weighted by molar-refractivity contribution is 8.13. The Kier molecular flexibility index (Phi) is 5.10. The number of aromatic nitrogens is 2. The minimum atomic E-state index is -2.95. The van der Waals surface area contributed by atoms with Gasteiger partial charge >= 0.3 is 6.61 Å². The normalized spacial score (nSPS) is 26.3. The minimum absolute atomic E-state index is 0.00345. The van der Waals surface area contributed by atoms with Gasteiger partial charge in [-0.05, 0) is 31.4 Å². The van der Waals surface area contributed by atoms with Crippen molar-refractivity contribution in [1.82, 2.24) is 9.97 Å². The Morgan fingerprint density at radius 3 is 2.94 bits per heavy atom. The summed E-state index contributed by atoms with van der Waals surface area (Å²) in [6.45, 7) is -2.53. The fourth-order valence-corrected chi connectivity index (χ4v) is 5.92. The third kappa shape index (κ3) is 3.99. The van der Waals surface area contributed by atoms with E-state index in [9.17, 15) is 13.6 Å². The molecule has 3 aliphatic rings. The Labute approximate surface area is 184 Å². The molecule has 1 aliphatic carbocycles. The molecule has 1 amide bonds. The smallest absolute Gasteiger partial charge is 0.387 e. The van der Waals surface area contributed by atoms with Crippen LogP contribution in [0.1, 0.15) is 34.8 Å². The van der Waals surface area contributed by atoms with Crippen molar-refractivity contribution in [1.29, 1.82) is 0 Å². The SMILES string of the molecule is NC1=N[C@]2(c3nc(NC(=O)c4ccc(OC(F)F)cn4)cs3)COC3(CC3)C[C@@H]2CS1. The summed E-state index contributed by atoms with van der Waals surface area (Å²) in [6.07, 6.45) is 4.16. The van der Waals surface area contributed by atoms with E-state index in [4.69, 9.17) is 15.5 Å². The van der Waals surface area contributed by atoms with Crippen molar-refractivity contribution < 1.29 is 23.0 Å². The highest BCUT2D eigenvalue weighted by Crippen LogP contribution is 2.56. The number of hydrogen-bond acceptors (Lipinski definition) is 9. The zero-order valence-electron chi connectivity index (χ0n) is 16.2. The van der Waals surface area contributed by atoms with Crippen molar-refractivity contribution in [2.24, 2.45) is 16.6 Å². The molecule has 1 saturated heterocycles. The van der Waals surface area contributed by atoms with Gasteiger partial charge in [-0.2, -0.15) is 8.78 Å². The molecule has 5 rings (SSSR count). The summed E-state index contributed by atoms with van der Waals surface area (Å²) < 4.78 is 34.9. The molecule has 31 heavy (non-hydrogen) atoms. The number of halogens is 2.